The molecule has 2 atom stereocenters. The number of nitrogens with zero attached hydrogens (tertiary/aromatic N) is 2. The lowest BCUT2D eigenvalue weighted by Crippen LogP contribution is -2.40. The lowest BCUT2D eigenvalue weighted by molar-refractivity contribution is 0.102. The van der Waals surface area contributed by atoms with Crippen molar-refractivity contribution in [2.24, 2.45) is 0 Å². The number of hydrogen-bond donors (Lipinski definition) is 1. The minimum absolute atomic E-state index is 0.0927. The molecule has 7 heteroatoms. The van der Waals surface area contributed by atoms with Crippen LogP contribution in [0.4, 0.5) is 0 Å². The second-order valence-corrected chi connectivity index (χ2v) is 7.78. The Morgan fingerprint density at radius 1 is 1.52 bits per heavy atom. The fourth-order valence-corrected chi connectivity index (χ4v) is 4.29. The van der Waals surface area contributed by atoms with Gasteiger partial charge in [0.25, 0.3) is 0 Å². The maximum absolute atomic E-state index is 12.7. The Bertz CT molecular complexity index is 594. The van der Waals surface area contributed by atoms with Crippen LogP contribution in [0, 0.1) is 0 Å². The number of aliphatic hydroxyl groups excluding tert-OH is 1. The Morgan fingerprint density at radius 3 is 2.62 bits per heavy atom. The van der Waals surface area contributed by atoms with Crippen molar-refractivity contribution in [1.82, 2.24) is 8.87 Å². The molecule has 1 aliphatic heterocycles. The molecule has 0 aromatic carbocycles. The summed E-state index contributed by atoms with van der Waals surface area (Å²) < 4.78 is 34.1. The van der Waals surface area contributed by atoms with Crippen LogP contribution in [-0.4, -0.2) is 48.2 Å². The highest BCUT2D eigenvalue weighted by Gasteiger charge is 2.36. The van der Waals surface area contributed by atoms with Crippen LogP contribution in [-0.2, 0) is 21.4 Å². The second-order valence-electron chi connectivity index (χ2n) is 5.78. The fraction of sp³-hybridized carbons (Fsp3) is 0.714. The Morgan fingerprint density at radius 2 is 2.19 bits per heavy atom. The van der Waals surface area contributed by atoms with E-state index in [9.17, 15) is 13.5 Å². The quantitative estimate of drug-likeness (QED) is 0.890. The van der Waals surface area contributed by atoms with Gasteiger partial charge >= 0.3 is 0 Å². The van der Waals surface area contributed by atoms with Crippen molar-refractivity contribution >= 4 is 10.0 Å². The normalized spacial score (nSPS) is 23.4. The van der Waals surface area contributed by atoms with Gasteiger partial charge in [0.2, 0.25) is 10.0 Å². The van der Waals surface area contributed by atoms with Crippen LogP contribution < -0.4 is 0 Å². The van der Waals surface area contributed by atoms with E-state index >= 15 is 0 Å². The van der Waals surface area contributed by atoms with Gasteiger partial charge in [0, 0.05) is 31.6 Å². The van der Waals surface area contributed by atoms with Gasteiger partial charge in [-0.1, -0.05) is 0 Å². The molecule has 0 bridgehead atoms. The zero-order chi connectivity index (χ0) is 15.8. The summed E-state index contributed by atoms with van der Waals surface area (Å²) >= 11 is 0. The van der Waals surface area contributed by atoms with Crippen molar-refractivity contribution in [3.05, 3.63) is 18.0 Å². The van der Waals surface area contributed by atoms with Crippen molar-refractivity contribution < 1.29 is 18.3 Å². The highest BCUT2D eigenvalue weighted by molar-refractivity contribution is 7.89. The third-order valence-corrected chi connectivity index (χ3v) is 5.95. The van der Waals surface area contributed by atoms with Crippen molar-refractivity contribution in [1.29, 1.82) is 0 Å². The van der Waals surface area contributed by atoms with Gasteiger partial charge in [0.1, 0.15) is 4.90 Å². The number of rotatable bonds is 5. The van der Waals surface area contributed by atoms with E-state index < -0.39 is 10.0 Å². The average molecular weight is 316 g/mol. The van der Waals surface area contributed by atoms with Gasteiger partial charge in [-0.25, -0.2) is 8.42 Å². The van der Waals surface area contributed by atoms with Crippen molar-refractivity contribution in [3.8, 4) is 0 Å². The third-order valence-electron chi connectivity index (χ3n) is 4.11. The maximum atomic E-state index is 12.7. The molecule has 1 aliphatic rings. The van der Waals surface area contributed by atoms with Gasteiger partial charge < -0.3 is 14.4 Å². The van der Waals surface area contributed by atoms with Crippen LogP contribution in [0.2, 0.25) is 0 Å². The van der Waals surface area contributed by atoms with E-state index in [1.165, 1.54) is 4.31 Å². The molecular formula is C14H24N2O4S. The molecule has 1 fully saturated rings. The monoisotopic (exact) mass is 316 g/mol. The van der Waals surface area contributed by atoms with E-state index in [1.54, 1.807) is 23.9 Å². The second kappa shape index (κ2) is 6.08. The highest BCUT2D eigenvalue weighted by Crippen LogP contribution is 2.27. The summed E-state index contributed by atoms with van der Waals surface area (Å²) in [5.74, 6) is 0. The van der Waals surface area contributed by atoms with Crippen molar-refractivity contribution in [3.63, 3.8) is 0 Å². The Labute approximate surface area is 126 Å². The van der Waals surface area contributed by atoms with E-state index in [2.05, 4.69) is 0 Å². The first-order valence-electron chi connectivity index (χ1n) is 7.20. The molecule has 1 N–H and O–H groups in total. The highest BCUT2D eigenvalue weighted by atomic mass is 32.2. The summed E-state index contributed by atoms with van der Waals surface area (Å²) in [5.41, 5.74) is 0.604. The molecular weight excluding hydrogens is 292 g/mol. The minimum atomic E-state index is -3.58. The van der Waals surface area contributed by atoms with E-state index in [4.69, 9.17) is 4.74 Å². The van der Waals surface area contributed by atoms with E-state index in [1.807, 2.05) is 20.8 Å². The maximum Gasteiger partial charge on any atom is 0.244 e. The molecule has 1 aromatic rings. The molecule has 1 aromatic heterocycles. The number of ether oxygens (including phenoxy) is 1. The SMILES string of the molecule is CC1OCCC1N(C)S(=O)(=O)c1cc(CO)n(C(C)C)c1. The smallest absolute Gasteiger partial charge is 0.244 e. The van der Waals surface area contributed by atoms with E-state index in [-0.39, 0.29) is 29.7 Å². The largest absolute Gasteiger partial charge is 0.390 e. The predicted molar refractivity (Wildman–Crippen MR) is 79.5 cm³/mol. The lowest BCUT2D eigenvalue weighted by atomic mass is 10.2. The summed E-state index contributed by atoms with van der Waals surface area (Å²) in [6, 6.07) is 1.50. The molecule has 0 spiro atoms. The Balaban J connectivity index is 2.35. The Hall–Kier alpha value is -0.890. The van der Waals surface area contributed by atoms with Crippen LogP contribution in [0.3, 0.4) is 0 Å². The molecule has 0 saturated carbocycles. The first kappa shape index (κ1) is 16.5. The summed E-state index contributed by atoms with van der Waals surface area (Å²) in [4.78, 5) is 0.224. The molecule has 120 valence electrons. The first-order chi connectivity index (χ1) is 9.78. The molecule has 1 saturated heterocycles. The summed E-state index contributed by atoms with van der Waals surface area (Å²) in [5, 5.41) is 9.39. The molecule has 2 heterocycles. The van der Waals surface area contributed by atoms with Crippen LogP contribution in [0.25, 0.3) is 0 Å². The van der Waals surface area contributed by atoms with Gasteiger partial charge in [-0.15, -0.1) is 0 Å². The van der Waals surface area contributed by atoms with Crippen LogP contribution in [0.1, 0.15) is 38.9 Å². The molecule has 0 aliphatic carbocycles. The van der Waals surface area contributed by atoms with E-state index in [0.717, 1.165) is 0 Å². The van der Waals surface area contributed by atoms with Crippen molar-refractivity contribution in [2.45, 2.75) is 56.9 Å². The fourth-order valence-electron chi connectivity index (χ4n) is 2.79. The lowest BCUT2D eigenvalue weighted by Gasteiger charge is -2.25. The first-order valence-corrected chi connectivity index (χ1v) is 8.64. The standard InChI is InChI=1S/C14H24N2O4S/c1-10(2)16-8-13(7-12(16)9-17)21(18,19)15(4)14-5-6-20-11(14)3/h7-8,10-11,14,17H,5-6,9H2,1-4H3. The van der Waals surface area contributed by atoms with Crippen LogP contribution in [0.15, 0.2) is 17.2 Å². The molecule has 2 rings (SSSR count). The van der Waals surface area contributed by atoms with Crippen LogP contribution in [0.5, 0.6) is 0 Å². The summed E-state index contributed by atoms with van der Waals surface area (Å²) in [6.45, 7) is 6.20. The van der Waals surface area contributed by atoms with Crippen LogP contribution >= 0.6 is 0 Å². The number of sulfonamides is 1. The minimum Gasteiger partial charge on any atom is -0.390 e. The number of hydrogen-bond acceptors (Lipinski definition) is 4. The van der Waals surface area contributed by atoms with Gasteiger partial charge in [0.15, 0.2) is 0 Å². The third kappa shape index (κ3) is 3.01. The van der Waals surface area contributed by atoms with Gasteiger partial charge in [-0.2, -0.15) is 4.31 Å². The summed E-state index contributed by atoms with van der Waals surface area (Å²) in [7, 11) is -1.99. The van der Waals surface area contributed by atoms with Crippen molar-refractivity contribution in [2.75, 3.05) is 13.7 Å². The summed E-state index contributed by atoms with van der Waals surface area (Å²) in [6.07, 6.45) is 2.20. The van der Waals surface area contributed by atoms with Gasteiger partial charge in [-0.3, -0.25) is 0 Å². The average Bonchev–Trinajstić information content (AvgIpc) is 3.03. The number of aromatic nitrogens is 1. The zero-order valence-corrected chi connectivity index (χ0v) is 13.8. The molecule has 0 radical (unpaired) electrons. The van der Waals surface area contributed by atoms with Gasteiger partial charge in [0.05, 0.1) is 18.8 Å². The molecule has 2 unspecified atom stereocenters. The Kier molecular flexibility index (Phi) is 4.77. The molecule has 21 heavy (non-hydrogen) atoms. The topological polar surface area (TPSA) is 71.8 Å². The number of aliphatic hydroxyl groups is 1. The van der Waals surface area contributed by atoms with Gasteiger partial charge in [-0.05, 0) is 33.3 Å². The zero-order valence-electron chi connectivity index (χ0n) is 13.0. The predicted octanol–water partition coefficient (Wildman–Crippen LogP) is 1.36. The van der Waals surface area contributed by atoms with E-state index in [0.29, 0.717) is 18.7 Å². The molecule has 0 amide bonds. The number of likely N-dealkylation sites (N-methyl/N-ethyl adjacent to an activating group) is 1. The molecule has 6 nitrogen and oxygen atoms in total.